The smallest absolute Gasteiger partial charge is 0.343 e. The molecular formula is C36H34Cl2F2N8O6. The molecule has 3 aliphatic heterocycles. The van der Waals surface area contributed by atoms with Gasteiger partial charge >= 0.3 is 6.03 Å². The van der Waals surface area contributed by atoms with E-state index < -0.39 is 47.3 Å². The molecule has 0 bridgehead atoms. The van der Waals surface area contributed by atoms with Gasteiger partial charge in [-0.05, 0) is 79.2 Å². The number of fused-ring (bicyclic) bond motifs is 1. The van der Waals surface area contributed by atoms with Gasteiger partial charge in [-0.15, -0.1) is 0 Å². The van der Waals surface area contributed by atoms with Gasteiger partial charge in [-0.25, -0.2) is 18.6 Å². The van der Waals surface area contributed by atoms with Crippen LogP contribution in [0.5, 0.6) is 0 Å². The molecule has 2 fully saturated rings. The molecular weight excluding hydrogens is 749 g/mol. The Morgan fingerprint density at radius 3 is 2.44 bits per heavy atom. The zero-order chi connectivity index (χ0) is 38.3. The topological polar surface area (TPSA) is 162 Å². The molecule has 14 nitrogen and oxygen atoms in total. The number of amides is 6. The molecule has 6 amide bonds. The maximum Gasteiger partial charge on any atom is 0.343 e. The Morgan fingerprint density at radius 1 is 0.981 bits per heavy atom. The Balaban J connectivity index is 0.962. The average molecular weight is 784 g/mol. The van der Waals surface area contributed by atoms with Crippen molar-refractivity contribution in [2.24, 2.45) is 13.0 Å². The highest BCUT2D eigenvalue weighted by atomic mass is 35.5. The van der Waals surface area contributed by atoms with Crippen LogP contribution in [0.3, 0.4) is 0 Å². The first kappa shape index (κ1) is 37.0. The van der Waals surface area contributed by atoms with Crippen molar-refractivity contribution in [2.45, 2.75) is 31.7 Å². The van der Waals surface area contributed by atoms with Crippen LogP contribution < -0.4 is 20.9 Å². The molecule has 54 heavy (non-hydrogen) atoms. The number of carbonyl (C=O) groups is 5. The molecule has 282 valence electrons. The minimum absolute atomic E-state index is 0.0256. The Morgan fingerprint density at radius 2 is 1.74 bits per heavy atom. The van der Waals surface area contributed by atoms with Crippen molar-refractivity contribution in [3.05, 3.63) is 93.0 Å². The van der Waals surface area contributed by atoms with Crippen molar-refractivity contribution >= 4 is 58.5 Å². The number of hydrazine groups is 1. The number of aromatic nitrogens is 2. The Bertz CT molecular complexity index is 2150. The molecule has 3 aliphatic rings. The molecule has 1 atom stereocenters. The molecule has 5 heterocycles. The van der Waals surface area contributed by atoms with E-state index in [2.05, 4.69) is 25.9 Å². The van der Waals surface area contributed by atoms with Crippen LogP contribution in [0, 0.1) is 17.6 Å². The van der Waals surface area contributed by atoms with Crippen molar-refractivity contribution in [1.29, 1.82) is 0 Å². The quantitative estimate of drug-likeness (QED) is 0.185. The highest BCUT2D eigenvalue weighted by Gasteiger charge is 2.43. The molecule has 2 saturated heterocycles. The Hall–Kier alpha value is -5.32. The van der Waals surface area contributed by atoms with Crippen molar-refractivity contribution in [1.82, 2.24) is 35.7 Å². The number of benzene rings is 2. The van der Waals surface area contributed by atoms with Gasteiger partial charge in [0, 0.05) is 50.9 Å². The summed E-state index contributed by atoms with van der Waals surface area (Å²) in [6.07, 6.45) is 3.22. The van der Waals surface area contributed by atoms with E-state index in [1.54, 1.807) is 25.2 Å². The van der Waals surface area contributed by atoms with E-state index in [1.807, 2.05) is 0 Å². The molecule has 0 radical (unpaired) electrons. The summed E-state index contributed by atoms with van der Waals surface area (Å²) < 4.78 is 34.8. The summed E-state index contributed by atoms with van der Waals surface area (Å²) in [7, 11) is 1.68. The fraction of sp³-hybridized carbons (Fsp3) is 0.333. The molecule has 4 aromatic rings. The van der Waals surface area contributed by atoms with E-state index >= 15 is 0 Å². The van der Waals surface area contributed by atoms with Gasteiger partial charge in [0.2, 0.25) is 11.1 Å². The minimum Gasteiger partial charge on any atom is -0.439 e. The first-order valence-corrected chi connectivity index (χ1v) is 17.9. The summed E-state index contributed by atoms with van der Waals surface area (Å²) in [4.78, 5) is 65.7. The van der Waals surface area contributed by atoms with E-state index in [4.69, 9.17) is 27.6 Å². The lowest BCUT2D eigenvalue weighted by atomic mass is 9.95. The largest absolute Gasteiger partial charge is 0.439 e. The zero-order valence-corrected chi connectivity index (χ0v) is 30.3. The number of imide groups is 2. The van der Waals surface area contributed by atoms with E-state index in [0.29, 0.717) is 48.0 Å². The van der Waals surface area contributed by atoms with E-state index in [0.717, 1.165) is 40.7 Å². The Labute approximate surface area is 317 Å². The first-order chi connectivity index (χ1) is 25.9. The van der Waals surface area contributed by atoms with Gasteiger partial charge in [0.1, 0.15) is 0 Å². The number of piperidine rings is 1. The van der Waals surface area contributed by atoms with Gasteiger partial charge in [0.25, 0.3) is 17.7 Å². The number of hydrogen-bond donors (Lipinski definition) is 3. The molecule has 18 heteroatoms. The van der Waals surface area contributed by atoms with Crippen molar-refractivity contribution in [3.8, 4) is 11.3 Å². The third-order valence-electron chi connectivity index (χ3n) is 9.79. The minimum atomic E-state index is -0.989. The summed E-state index contributed by atoms with van der Waals surface area (Å²) in [5.41, 5.74) is 2.49. The number of urea groups is 1. The maximum atomic E-state index is 14.1. The fourth-order valence-electron chi connectivity index (χ4n) is 6.97. The normalized spacial score (nSPS) is 16.9. The summed E-state index contributed by atoms with van der Waals surface area (Å²) in [5.74, 6) is -4.03. The van der Waals surface area contributed by atoms with Crippen molar-refractivity contribution in [3.63, 3.8) is 0 Å². The van der Waals surface area contributed by atoms with Crippen molar-refractivity contribution < 1.29 is 37.2 Å². The van der Waals surface area contributed by atoms with Gasteiger partial charge in [0.05, 0.1) is 40.1 Å². The summed E-state index contributed by atoms with van der Waals surface area (Å²) in [6, 6.07) is 8.73. The van der Waals surface area contributed by atoms with E-state index in [1.165, 1.54) is 23.0 Å². The van der Waals surface area contributed by atoms with Gasteiger partial charge in [-0.2, -0.15) is 10.1 Å². The van der Waals surface area contributed by atoms with E-state index in [-0.39, 0.29) is 47.4 Å². The van der Waals surface area contributed by atoms with Gasteiger partial charge in [-0.3, -0.25) is 29.2 Å². The predicted molar refractivity (Wildman–Crippen MR) is 192 cm³/mol. The van der Waals surface area contributed by atoms with Gasteiger partial charge in [-0.1, -0.05) is 17.7 Å². The number of nitrogens with one attached hydrogen (secondary N) is 3. The third-order valence-corrected chi connectivity index (χ3v) is 10.3. The second kappa shape index (κ2) is 15.2. The van der Waals surface area contributed by atoms with Crippen LogP contribution in [0.4, 0.5) is 19.3 Å². The highest BCUT2D eigenvalue weighted by molar-refractivity contribution is 6.35. The highest BCUT2D eigenvalue weighted by Crippen LogP contribution is 2.35. The SMILES string of the molecule is Cn1ncc(Cl)c1-c1cc(C(=O)N[C@H](CNCC2CCN(c3ccc4c(c3)C(=O)N(N3CCC(=O)NC3=O)C4=O)CC2)Cc2ccc(F)c(F)c2)oc1Cl. The molecule has 0 spiro atoms. The molecule has 3 N–H and O–H groups in total. The lowest BCUT2D eigenvalue weighted by Gasteiger charge is -2.34. The summed E-state index contributed by atoms with van der Waals surface area (Å²) in [6.45, 7) is 2.18. The molecule has 0 saturated carbocycles. The van der Waals surface area contributed by atoms with Crippen LogP contribution in [0.25, 0.3) is 11.3 Å². The first-order valence-electron chi connectivity index (χ1n) is 17.2. The average Bonchev–Trinajstić information content (AvgIpc) is 3.77. The lowest BCUT2D eigenvalue weighted by Crippen LogP contribution is -2.58. The maximum absolute atomic E-state index is 14.1. The number of halogens is 4. The summed E-state index contributed by atoms with van der Waals surface area (Å²) in [5, 5.41) is 14.6. The standard InChI is InChI=1S/C36H34Cl2F2N8O6/c1-45-31(26(37)18-42-45)25-15-29(54-32(25)38)33(50)43-21(12-20-2-5-27(39)28(40)13-20)17-41-16-19-6-9-46(10-7-19)22-3-4-23-24(14-22)35(52)48(34(23)51)47-11-8-30(49)44-36(47)53/h2-5,13-15,18-19,21,41H,6-12,16-17H2,1H3,(H,43,50)(H,44,49,53)/t21-/m0/s1. The van der Waals surface area contributed by atoms with Crippen LogP contribution in [0.15, 0.2) is 53.1 Å². The number of nitrogens with zero attached hydrogens (tertiary/aromatic N) is 5. The third kappa shape index (κ3) is 7.41. The molecule has 7 rings (SSSR count). The predicted octanol–water partition coefficient (Wildman–Crippen LogP) is 4.57. The number of aryl methyl sites for hydroxylation is 1. The summed E-state index contributed by atoms with van der Waals surface area (Å²) >= 11 is 12.6. The van der Waals surface area contributed by atoms with Crippen LogP contribution in [0.1, 0.15) is 56.1 Å². The number of rotatable bonds is 11. The van der Waals surface area contributed by atoms with Gasteiger partial charge in [0.15, 0.2) is 17.4 Å². The zero-order valence-electron chi connectivity index (χ0n) is 28.8. The number of furan rings is 1. The van der Waals surface area contributed by atoms with Crippen LogP contribution in [0.2, 0.25) is 10.2 Å². The van der Waals surface area contributed by atoms with E-state index in [9.17, 15) is 32.8 Å². The van der Waals surface area contributed by atoms with Crippen LogP contribution in [-0.2, 0) is 18.3 Å². The fourth-order valence-corrected chi connectivity index (χ4v) is 7.47. The number of carbonyl (C=O) groups excluding carboxylic acids is 5. The Kier molecular flexibility index (Phi) is 10.4. The van der Waals surface area contributed by atoms with Crippen LogP contribution >= 0.6 is 23.2 Å². The van der Waals surface area contributed by atoms with Crippen molar-refractivity contribution in [2.75, 3.05) is 37.6 Å². The monoisotopic (exact) mass is 782 g/mol. The number of anilines is 1. The number of hydrogen-bond acceptors (Lipinski definition) is 9. The lowest BCUT2D eigenvalue weighted by molar-refractivity contribution is -0.122. The second-order valence-corrected chi connectivity index (χ2v) is 14.1. The molecule has 0 aliphatic carbocycles. The molecule has 2 aromatic carbocycles. The molecule has 2 aromatic heterocycles. The van der Waals surface area contributed by atoms with Gasteiger partial charge < -0.3 is 20.0 Å². The van der Waals surface area contributed by atoms with Crippen LogP contribution in [-0.4, -0.2) is 88.2 Å². The second-order valence-electron chi connectivity index (χ2n) is 13.4. The molecule has 0 unspecified atom stereocenters.